The number of H-pyrrole nitrogens is 1. The molecule has 9 heteroatoms. The fourth-order valence-electron chi connectivity index (χ4n) is 1.36. The lowest BCUT2D eigenvalue weighted by Crippen LogP contribution is -2.09. The summed E-state index contributed by atoms with van der Waals surface area (Å²) < 4.78 is 0. The lowest BCUT2D eigenvalue weighted by molar-refractivity contribution is -0.384. The molecule has 0 saturated carbocycles. The topological polar surface area (TPSA) is 110 Å². The number of aromatic amines is 1. The van der Waals surface area contributed by atoms with Crippen LogP contribution in [0.1, 0.15) is 5.82 Å². The number of rotatable bonds is 5. The van der Waals surface area contributed by atoms with Gasteiger partial charge in [0.15, 0.2) is 0 Å². The molecule has 0 bridgehead atoms. The Morgan fingerprint density at radius 1 is 1.50 bits per heavy atom. The third-order valence-corrected chi connectivity index (χ3v) is 2.37. The van der Waals surface area contributed by atoms with Crippen molar-refractivity contribution < 1.29 is 4.92 Å². The predicted octanol–water partition coefficient (Wildman–Crippen LogP) is 1.42. The molecule has 0 radical (unpaired) electrons. The summed E-state index contributed by atoms with van der Waals surface area (Å²) in [6.45, 7) is 0.434. The number of halogens is 1. The number of aromatic nitrogens is 4. The molecule has 18 heavy (non-hydrogen) atoms. The van der Waals surface area contributed by atoms with Gasteiger partial charge in [0, 0.05) is 19.0 Å². The van der Waals surface area contributed by atoms with E-state index in [1.165, 1.54) is 18.5 Å². The molecule has 0 amide bonds. The van der Waals surface area contributed by atoms with Crippen LogP contribution in [0, 0.1) is 10.1 Å². The van der Waals surface area contributed by atoms with Crippen molar-refractivity contribution in [2.75, 3.05) is 11.9 Å². The molecule has 0 fully saturated rings. The van der Waals surface area contributed by atoms with E-state index in [9.17, 15) is 10.1 Å². The van der Waals surface area contributed by atoms with Crippen LogP contribution in [0.2, 0.25) is 5.15 Å². The van der Waals surface area contributed by atoms with Crippen molar-refractivity contribution in [2.45, 2.75) is 6.42 Å². The Bertz CT molecular complexity index is 544. The molecule has 2 N–H and O–H groups in total. The van der Waals surface area contributed by atoms with Crippen molar-refractivity contribution in [2.24, 2.45) is 0 Å². The Morgan fingerprint density at radius 3 is 3.00 bits per heavy atom. The second-order valence-corrected chi connectivity index (χ2v) is 3.76. The number of hydrogen-bond acceptors (Lipinski definition) is 6. The van der Waals surface area contributed by atoms with Crippen molar-refractivity contribution >= 4 is 23.1 Å². The number of nitrogens with one attached hydrogen (secondary N) is 2. The smallest absolute Gasteiger partial charge is 0.311 e. The minimum atomic E-state index is -0.514. The predicted molar refractivity (Wildman–Crippen MR) is 64.5 cm³/mol. The second kappa shape index (κ2) is 5.41. The van der Waals surface area contributed by atoms with Gasteiger partial charge in [-0.05, 0) is 6.07 Å². The molecular formula is C9H9ClN6O2. The van der Waals surface area contributed by atoms with Gasteiger partial charge in [-0.15, -0.1) is 0 Å². The van der Waals surface area contributed by atoms with Gasteiger partial charge in [-0.3, -0.25) is 15.2 Å². The van der Waals surface area contributed by atoms with E-state index in [1.54, 1.807) is 0 Å². The van der Waals surface area contributed by atoms with Crippen LogP contribution in [0.5, 0.6) is 0 Å². The fourth-order valence-corrected chi connectivity index (χ4v) is 1.50. The summed E-state index contributed by atoms with van der Waals surface area (Å²) in [7, 11) is 0. The van der Waals surface area contributed by atoms with E-state index in [2.05, 4.69) is 25.5 Å². The molecule has 2 heterocycles. The highest BCUT2D eigenvalue weighted by molar-refractivity contribution is 6.29. The number of pyridine rings is 1. The van der Waals surface area contributed by atoms with Crippen LogP contribution in [-0.2, 0) is 6.42 Å². The van der Waals surface area contributed by atoms with Crippen molar-refractivity contribution in [1.82, 2.24) is 20.2 Å². The maximum absolute atomic E-state index is 10.8. The molecule has 2 rings (SSSR count). The lowest BCUT2D eigenvalue weighted by Gasteiger charge is -2.05. The van der Waals surface area contributed by atoms with Crippen LogP contribution in [-0.4, -0.2) is 31.6 Å². The maximum atomic E-state index is 10.8. The third kappa shape index (κ3) is 2.92. The van der Waals surface area contributed by atoms with Crippen LogP contribution >= 0.6 is 11.6 Å². The van der Waals surface area contributed by atoms with Crippen molar-refractivity contribution in [3.8, 4) is 0 Å². The summed E-state index contributed by atoms with van der Waals surface area (Å²) in [5.41, 5.74) is -0.114. The van der Waals surface area contributed by atoms with Gasteiger partial charge in [0.2, 0.25) is 5.82 Å². The molecule has 8 nitrogen and oxygen atoms in total. The van der Waals surface area contributed by atoms with Crippen LogP contribution in [0.15, 0.2) is 18.5 Å². The molecule has 0 aliphatic heterocycles. The normalized spacial score (nSPS) is 10.3. The Kier molecular flexibility index (Phi) is 3.68. The van der Waals surface area contributed by atoms with Gasteiger partial charge in [0.05, 0.1) is 4.92 Å². The lowest BCUT2D eigenvalue weighted by atomic mass is 10.3. The van der Waals surface area contributed by atoms with Crippen LogP contribution in [0.4, 0.5) is 11.5 Å². The van der Waals surface area contributed by atoms with Gasteiger partial charge in [0.25, 0.3) is 0 Å². The standard InChI is InChI=1S/C9H9ClN6O2/c10-7-2-1-6(16(17)18)9(14-7)11-4-3-8-12-5-13-15-8/h1-2,5H,3-4H2,(H,11,14)(H,12,13,15). The summed E-state index contributed by atoms with van der Waals surface area (Å²) in [6.07, 6.45) is 1.95. The van der Waals surface area contributed by atoms with Crippen molar-refractivity contribution in [3.63, 3.8) is 0 Å². The minimum absolute atomic E-state index is 0.114. The van der Waals surface area contributed by atoms with Crippen molar-refractivity contribution in [3.05, 3.63) is 39.6 Å². The minimum Gasteiger partial charge on any atom is -0.364 e. The van der Waals surface area contributed by atoms with Gasteiger partial charge >= 0.3 is 5.69 Å². The quantitative estimate of drug-likeness (QED) is 0.482. The number of hydrogen-bond donors (Lipinski definition) is 2. The fraction of sp³-hybridized carbons (Fsp3) is 0.222. The highest BCUT2D eigenvalue weighted by atomic mass is 35.5. The van der Waals surface area contributed by atoms with Gasteiger partial charge in [-0.25, -0.2) is 9.97 Å². The SMILES string of the molecule is O=[N+]([O-])c1ccc(Cl)nc1NCCc1ncn[nH]1. The van der Waals surface area contributed by atoms with E-state index in [-0.39, 0.29) is 16.7 Å². The zero-order chi connectivity index (χ0) is 13.0. The Labute approximate surface area is 107 Å². The van der Waals surface area contributed by atoms with Gasteiger partial charge < -0.3 is 5.32 Å². The molecule has 0 aliphatic rings. The van der Waals surface area contributed by atoms with E-state index >= 15 is 0 Å². The summed E-state index contributed by atoms with van der Waals surface area (Å²) in [4.78, 5) is 18.1. The Morgan fingerprint density at radius 2 is 2.33 bits per heavy atom. The summed E-state index contributed by atoms with van der Waals surface area (Å²) >= 11 is 5.70. The molecule has 0 aromatic carbocycles. The maximum Gasteiger partial charge on any atom is 0.311 e. The second-order valence-electron chi connectivity index (χ2n) is 3.37. The van der Waals surface area contributed by atoms with E-state index in [4.69, 9.17) is 11.6 Å². The molecule has 0 unspecified atom stereocenters. The molecule has 0 atom stereocenters. The highest BCUT2D eigenvalue weighted by Gasteiger charge is 2.15. The number of nitro groups is 1. The average molecular weight is 269 g/mol. The largest absolute Gasteiger partial charge is 0.364 e. The summed E-state index contributed by atoms with van der Waals surface area (Å²) in [5, 5.41) is 20.2. The first-order valence-corrected chi connectivity index (χ1v) is 5.43. The van der Waals surface area contributed by atoms with Crippen LogP contribution in [0.25, 0.3) is 0 Å². The first-order valence-electron chi connectivity index (χ1n) is 5.06. The Hall–Kier alpha value is -2.22. The molecular weight excluding hydrogens is 260 g/mol. The zero-order valence-corrected chi connectivity index (χ0v) is 9.89. The van der Waals surface area contributed by atoms with Gasteiger partial charge in [-0.2, -0.15) is 5.10 Å². The zero-order valence-electron chi connectivity index (χ0n) is 9.13. The summed E-state index contributed by atoms with van der Waals surface area (Å²) in [6, 6.07) is 2.69. The van der Waals surface area contributed by atoms with E-state index in [1.807, 2.05) is 0 Å². The van der Waals surface area contributed by atoms with Gasteiger partial charge in [-0.1, -0.05) is 11.6 Å². The first-order chi connectivity index (χ1) is 8.66. The van der Waals surface area contributed by atoms with E-state index in [0.717, 1.165) is 0 Å². The number of nitrogens with zero attached hydrogens (tertiary/aromatic N) is 4. The van der Waals surface area contributed by atoms with E-state index < -0.39 is 4.92 Å². The molecule has 0 aliphatic carbocycles. The molecule has 2 aromatic heterocycles. The first kappa shape index (κ1) is 12.2. The van der Waals surface area contributed by atoms with Crippen LogP contribution in [0.3, 0.4) is 0 Å². The molecule has 2 aromatic rings. The van der Waals surface area contributed by atoms with E-state index in [0.29, 0.717) is 18.8 Å². The monoisotopic (exact) mass is 268 g/mol. The highest BCUT2D eigenvalue weighted by Crippen LogP contribution is 2.23. The average Bonchev–Trinajstić information content (AvgIpc) is 2.82. The van der Waals surface area contributed by atoms with Crippen molar-refractivity contribution in [1.29, 1.82) is 0 Å². The third-order valence-electron chi connectivity index (χ3n) is 2.16. The molecule has 0 saturated heterocycles. The van der Waals surface area contributed by atoms with Gasteiger partial charge in [0.1, 0.15) is 17.3 Å². The Balaban J connectivity index is 2.03. The number of anilines is 1. The molecule has 94 valence electrons. The summed E-state index contributed by atoms with van der Waals surface area (Å²) in [5.74, 6) is 0.833. The van der Waals surface area contributed by atoms with Crippen LogP contribution < -0.4 is 5.32 Å². The molecule has 0 spiro atoms.